The lowest BCUT2D eigenvalue weighted by Crippen LogP contribution is -2.40. The fraction of sp³-hybridized carbons (Fsp3) is 0.385. The standard InChI is InChI=1S/C13H16N2O6/c1-7(2)14-12(16)8(3)21-11-5-4-9(13(17)18)6-10(11)15(19)20/h4-8H,1-3H3,(H,14,16)(H,17,18). The van der Waals surface area contributed by atoms with Crippen molar-refractivity contribution in [3.05, 3.63) is 33.9 Å². The van der Waals surface area contributed by atoms with Gasteiger partial charge in [0.2, 0.25) is 0 Å². The molecule has 1 unspecified atom stereocenters. The minimum absolute atomic E-state index is 0.0899. The topological polar surface area (TPSA) is 119 Å². The quantitative estimate of drug-likeness (QED) is 0.607. The number of amides is 1. The number of hydrogen-bond acceptors (Lipinski definition) is 5. The molecule has 1 rings (SSSR count). The van der Waals surface area contributed by atoms with Crippen molar-refractivity contribution in [1.82, 2.24) is 5.32 Å². The molecule has 1 aromatic rings. The van der Waals surface area contributed by atoms with E-state index in [0.717, 1.165) is 6.07 Å². The van der Waals surface area contributed by atoms with Crippen molar-refractivity contribution in [2.45, 2.75) is 32.9 Å². The Kier molecular flexibility index (Phi) is 5.23. The first-order valence-electron chi connectivity index (χ1n) is 6.21. The van der Waals surface area contributed by atoms with Crippen LogP contribution in [0.25, 0.3) is 0 Å². The normalized spacial score (nSPS) is 11.8. The number of nitro groups is 1. The highest BCUT2D eigenvalue weighted by molar-refractivity contribution is 5.89. The number of carboxylic acids is 1. The largest absolute Gasteiger partial charge is 0.478 e. The van der Waals surface area contributed by atoms with Gasteiger partial charge in [-0.1, -0.05) is 0 Å². The highest BCUT2D eigenvalue weighted by atomic mass is 16.6. The number of nitro benzene ring substituents is 1. The van der Waals surface area contributed by atoms with Gasteiger partial charge >= 0.3 is 11.7 Å². The molecule has 0 saturated carbocycles. The number of nitrogens with one attached hydrogen (secondary N) is 1. The second-order valence-electron chi connectivity index (χ2n) is 4.67. The summed E-state index contributed by atoms with van der Waals surface area (Å²) in [6, 6.07) is 3.15. The molecule has 21 heavy (non-hydrogen) atoms. The lowest BCUT2D eigenvalue weighted by Gasteiger charge is -2.16. The van der Waals surface area contributed by atoms with Crippen molar-refractivity contribution in [2.75, 3.05) is 0 Å². The summed E-state index contributed by atoms with van der Waals surface area (Å²) in [5.41, 5.74) is -0.729. The number of hydrogen-bond donors (Lipinski definition) is 2. The highest BCUT2D eigenvalue weighted by Gasteiger charge is 2.23. The summed E-state index contributed by atoms with van der Waals surface area (Å²) < 4.78 is 5.26. The third-order valence-corrected chi connectivity index (χ3v) is 2.51. The second kappa shape index (κ2) is 6.69. The predicted molar refractivity (Wildman–Crippen MR) is 73.4 cm³/mol. The van der Waals surface area contributed by atoms with E-state index < -0.39 is 28.6 Å². The van der Waals surface area contributed by atoms with Gasteiger partial charge in [0, 0.05) is 12.1 Å². The van der Waals surface area contributed by atoms with Crippen molar-refractivity contribution in [1.29, 1.82) is 0 Å². The van der Waals surface area contributed by atoms with Gasteiger partial charge in [0.15, 0.2) is 11.9 Å². The lowest BCUT2D eigenvalue weighted by molar-refractivity contribution is -0.386. The van der Waals surface area contributed by atoms with Crippen LogP contribution in [-0.2, 0) is 4.79 Å². The van der Waals surface area contributed by atoms with Crippen molar-refractivity contribution < 1.29 is 24.4 Å². The molecule has 0 aliphatic carbocycles. The van der Waals surface area contributed by atoms with Gasteiger partial charge in [0.05, 0.1) is 10.5 Å². The zero-order chi connectivity index (χ0) is 16.2. The third kappa shape index (κ3) is 4.44. The van der Waals surface area contributed by atoms with Crippen LogP contribution in [-0.4, -0.2) is 34.1 Å². The van der Waals surface area contributed by atoms with Gasteiger partial charge < -0.3 is 15.2 Å². The first kappa shape index (κ1) is 16.4. The number of carbonyl (C=O) groups is 2. The van der Waals surface area contributed by atoms with Crippen molar-refractivity contribution >= 4 is 17.6 Å². The molecule has 0 fully saturated rings. The molecule has 1 atom stereocenters. The van der Waals surface area contributed by atoms with Crippen LogP contribution in [0.3, 0.4) is 0 Å². The van der Waals surface area contributed by atoms with E-state index >= 15 is 0 Å². The third-order valence-electron chi connectivity index (χ3n) is 2.51. The molecule has 114 valence electrons. The van der Waals surface area contributed by atoms with E-state index in [9.17, 15) is 19.7 Å². The minimum atomic E-state index is -1.28. The maximum Gasteiger partial charge on any atom is 0.335 e. The Bertz CT molecular complexity index is 570. The van der Waals surface area contributed by atoms with Gasteiger partial charge in [-0.15, -0.1) is 0 Å². The SMILES string of the molecule is CC(C)NC(=O)C(C)Oc1ccc(C(=O)O)cc1[N+](=O)[O-]. The number of carboxylic acid groups (broad SMARTS) is 1. The van der Waals surface area contributed by atoms with Crippen molar-refractivity contribution in [3.63, 3.8) is 0 Å². The molecule has 2 N–H and O–H groups in total. The molecule has 1 amide bonds. The monoisotopic (exact) mass is 296 g/mol. The Labute approximate surface area is 120 Å². The Morgan fingerprint density at radius 2 is 1.95 bits per heavy atom. The molecule has 0 spiro atoms. The molecule has 0 aliphatic rings. The van der Waals surface area contributed by atoms with Gasteiger partial charge in [0.1, 0.15) is 0 Å². The summed E-state index contributed by atoms with van der Waals surface area (Å²) in [4.78, 5) is 32.7. The molecule has 0 bridgehead atoms. The Morgan fingerprint density at radius 1 is 1.33 bits per heavy atom. The van der Waals surface area contributed by atoms with Crippen LogP contribution in [0, 0.1) is 10.1 Å². The molecule has 0 aliphatic heterocycles. The van der Waals surface area contributed by atoms with Gasteiger partial charge in [-0.25, -0.2) is 4.79 Å². The number of benzene rings is 1. The fourth-order valence-corrected chi connectivity index (χ4v) is 1.54. The van der Waals surface area contributed by atoms with Crippen LogP contribution in [0.5, 0.6) is 5.75 Å². The first-order chi connectivity index (χ1) is 9.72. The van der Waals surface area contributed by atoms with Gasteiger partial charge in [0.25, 0.3) is 5.91 Å². The van der Waals surface area contributed by atoms with E-state index in [0.29, 0.717) is 0 Å². The second-order valence-corrected chi connectivity index (χ2v) is 4.67. The molecule has 8 heteroatoms. The minimum Gasteiger partial charge on any atom is -0.478 e. The van der Waals surface area contributed by atoms with E-state index in [1.165, 1.54) is 19.1 Å². The summed E-state index contributed by atoms with van der Waals surface area (Å²) >= 11 is 0. The summed E-state index contributed by atoms with van der Waals surface area (Å²) in [6.45, 7) is 5.00. The molecule has 8 nitrogen and oxygen atoms in total. The maximum absolute atomic E-state index is 11.7. The number of nitrogens with zero attached hydrogens (tertiary/aromatic N) is 1. The van der Waals surface area contributed by atoms with Crippen LogP contribution < -0.4 is 10.1 Å². The number of ether oxygens (including phenoxy) is 1. The smallest absolute Gasteiger partial charge is 0.335 e. The van der Waals surface area contributed by atoms with Gasteiger partial charge in [-0.3, -0.25) is 14.9 Å². The summed E-state index contributed by atoms with van der Waals surface area (Å²) in [5, 5.41) is 22.4. The molecule has 0 radical (unpaired) electrons. The Balaban J connectivity index is 3.00. The Morgan fingerprint density at radius 3 is 2.43 bits per heavy atom. The molecule has 1 aromatic carbocycles. The number of rotatable bonds is 6. The van der Waals surface area contributed by atoms with E-state index in [-0.39, 0.29) is 17.4 Å². The average molecular weight is 296 g/mol. The maximum atomic E-state index is 11.7. The number of carbonyl (C=O) groups excluding carboxylic acids is 1. The zero-order valence-electron chi connectivity index (χ0n) is 11.8. The first-order valence-corrected chi connectivity index (χ1v) is 6.21. The molecule has 0 saturated heterocycles. The van der Waals surface area contributed by atoms with Crippen LogP contribution >= 0.6 is 0 Å². The summed E-state index contributed by atoms with van der Waals surface area (Å²) in [6.07, 6.45) is -0.943. The fourth-order valence-electron chi connectivity index (χ4n) is 1.54. The van der Waals surface area contributed by atoms with Crippen LogP contribution in [0.15, 0.2) is 18.2 Å². The van der Waals surface area contributed by atoms with E-state index in [2.05, 4.69) is 5.32 Å². The lowest BCUT2D eigenvalue weighted by atomic mass is 10.2. The molecule has 0 aromatic heterocycles. The van der Waals surface area contributed by atoms with E-state index in [1.807, 2.05) is 0 Å². The van der Waals surface area contributed by atoms with Crippen molar-refractivity contribution in [3.8, 4) is 5.75 Å². The Hall–Kier alpha value is -2.64. The number of aromatic carboxylic acids is 1. The van der Waals surface area contributed by atoms with Crippen LogP contribution in [0.2, 0.25) is 0 Å². The van der Waals surface area contributed by atoms with E-state index in [1.54, 1.807) is 13.8 Å². The van der Waals surface area contributed by atoms with Crippen LogP contribution in [0.1, 0.15) is 31.1 Å². The average Bonchev–Trinajstić information content (AvgIpc) is 2.37. The van der Waals surface area contributed by atoms with Gasteiger partial charge in [-0.05, 0) is 32.9 Å². The van der Waals surface area contributed by atoms with Gasteiger partial charge in [-0.2, -0.15) is 0 Å². The summed E-state index contributed by atoms with van der Waals surface area (Å²) in [7, 11) is 0. The zero-order valence-corrected chi connectivity index (χ0v) is 11.8. The molecular formula is C13H16N2O6. The van der Waals surface area contributed by atoms with E-state index in [4.69, 9.17) is 9.84 Å². The highest BCUT2D eigenvalue weighted by Crippen LogP contribution is 2.28. The molecule has 0 heterocycles. The van der Waals surface area contributed by atoms with Crippen molar-refractivity contribution in [2.24, 2.45) is 0 Å². The molecular weight excluding hydrogens is 280 g/mol. The predicted octanol–water partition coefficient (Wildman–Crippen LogP) is 1.58. The van der Waals surface area contributed by atoms with Crippen LogP contribution in [0.4, 0.5) is 5.69 Å². The summed E-state index contributed by atoms with van der Waals surface area (Å²) in [5.74, 6) is -1.85.